The molecule has 1 aromatic heterocycles. The van der Waals surface area contributed by atoms with Crippen LogP contribution in [0, 0.1) is 0 Å². The molecule has 9 nitrogen and oxygen atoms in total. The lowest BCUT2D eigenvalue weighted by Gasteiger charge is -2.11. The standard InChI is InChI=1S/C32H28Cl2N6O3/c1-40(2)23-9-12-28-29(17-23)38-31(37-28)25-16-22(8-11-26(25)33)36-32(42)24-10-6-20(15-27(24)34)18-35-21-5-3-4-19(14-21)7-13-30(41)39-43/h3-17,35,43H,18H2,1-2H3,(H,36,42)(H,37,38)(H,39,41)/b13-7+. The minimum absolute atomic E-state index is 0.312. The number of halogens is 2. The highest BCUT2D eigenvalue weighted by atomic mass is 35.5. The van der Waals surface area contributed by atoms with E-state index in [0.717, 1.165) is 33.5 Å². The summed E-state index contributed by atoms with van der Waals surface area (Å²) in [7, 11) is 3.95. The summed E-state index contributed by atoms with van der Waals surface area (Å²) in [5, 5.41) is 15.6. The zero-order valence-electron chi connectivity index (χ0n) is 23.3. The van der Waals surface area contributed by atoms with Gasteiger partial charge in [0.1, 0.15) is 5.82 Å². The molecule has 0 spiro atoms. The Bertz CT molecular complexity index is 1850. The summed E-state index contributed by atoms with van der Waals surface area (Å²) in [5.41, 5.74) is 8.30. The predicted octanol–water partition coefficient (Wildman–Crippen LogP) is 6.99. The molecule has 0 aliphatic rings. The Morgan fingerprint density at radius 3 is 2.56 bits per heavy atom. The van der Waals surface area contributed by atoms with Crippen LogP contribution in [0.4, 0.5) is 17.1 Å². The van der Waals surface area contributed by atoms with Crippen molar-refractivity contribution in [2.75, 3.05) is 29.6 Å². The van der Waals surface area contributed by atoms with Crippen molar-refractivity contribution in [1.29, 1.82) is 0 Å². The maximum Gasteiger partial charge on any atom is 0.267 e. The van der Waals surface area contributed by atoms with Crippen LogP contribution in [0.25, 0.3) is 28.5 Å². The van der Waals surface area contributed by atoms with Crippen LogP contribution in [0.3, 0.4) is 0 Å². The first kappa shape index (κ1) is 29.7. The third-order valence-electron chi connectivity index (χ3n) is 6.66. The SMILES string of the molecule is CN(C)c1ccc2nc(-c3cc(NC(=O)c4ccc(CNc5cccc(/C=C/C(=O)NO)c5)cc4Cl)ccc3Cl)[nH]c2c1. The molecule has 5 aromatic rings. The van der Waals surface area contributed by atoms with Gasteiger partial charge >= 0.3 is 0 Å². The van der Waals surface area contributed by atoms with E-state index in [9.17, 15) is 9.59 Å². The maximum atomic E-state index is 13.1. The Morgan fingerprint density at radius 1 is 0.953 bits per heavy atom. The number of H-pyrrole nitrogens is 1. The molecule has 5 N–H and O–H groups in total. The van der Waals surface area contributed by atoms with Crippen molar-refractivity contribution in [3.8, 4) is 11.4 Å². The van der Waals surface area contributed by atoms with Crippen molar-refractivity contribution in [3.63, 3.8) is 0 Å². The Morgan fingerprint density at radius 2 is 1.79 bits per heavy atom. The molecule has 0 unspecified atom stereocenters. The molecule has 0 atom stereocenters. The van der Waals surface area contributed by atoms with E-state index in [2.05, 4.69) is 20.6 Å². The second-order valence-corrected chi connectivity index (χ2v) is 10.7. The number of rotatable bonds is 9. The zero-order chi connectivity index (χ0) is 30.5. The highest BCUT2D eigenvalue weighted by Crippen LogP contribution is 2.32. The van der Waals surface area contributed by atoms with Crippen LogP contribution in [0.15, 0.2) is 84.9 Å². The molecule has 0 bridgehead atoms. The van der Waals surface area contributed by atoms with Gasteiger partial charge in [0.05, 0.1) is 26.6 Å². The molecule has 11 heteroatoms. The predicted molar refractivity (Wildman–Crippen MR) is 173 cm³/mol. The van der Waals surface area contributed by atoms with Crippen LogP contribution in [0.5, 0.6) is 0 Å². The molecule has 43 heavy (non-hydrogen) atoms. The number of imidazole rings is 1. The lowest BCUT2D eigenvalue weighted by molar-refractivity contribution is -0.124. The van der Waals surface area contributed by atoms with Gasteiger partial charge in [-0.3, -0.25) is 14.8 Å². The zero-order valence-corrected chi connectivity index (χ0v) is 24.8. The first-order chi connectivity index (χ1) is 20.7. The summed E-state index contributed by atoms with van der Waals surface area (Å²) < 4.78 is 0. The average molecular weight is 616 g/mol. The maximum absolute atomic E-state index is 13.1. The van der Waals surface area contributed by atoms with Crippen LogP contribution in [0.2, 0.25) is 10.0 Å². The lowest BCUT2D eigenvalue weighted by atomic mass is 10.1. The van der Waals surface area contributed by atoms with E-state index in [1.54, 1.807) is 41.9 Å². The Labute approximate surface area is 258 Å². The fraction of sp³-hybridized carbons (Fsp3) is 0.0938. The summed E-state index contributed by atoms with van der Waals surface area (Å²) in [6, 6.07) is 23.8. The van der Waals surface area contributed by atoms with Gasteiger partial charge in [-0.2, -0.15) is 0 Å². The smallest absolute Gasteiger partial charge is 0.267 e. The van der Waals surface area contributed by atoms with Crippen molar-refractivity contribution in [2.45, 2.75) is 6.54 Å². The molecule has 0 aliphatic heterocycles. The van der Waals surface area contributed by atoms with E-state index in [-0.39, 0.29) is 5.91 Å². The largest absolute Gasteiger partial charge is 0.381 e. The Kier molecular flexibility index (Phi) is 8.96. The van der Waals surface area contributed by atoms with Crippen LogP contribution in [-0.4, -0.2) is 41.1 Å². The number of hydrogen-bond donors (Lipinski definition) is 5. The minimum Gasteiger partial charge on any atom is -0.381 e. The van der Waals surface area contributed by atoms with Gasteiger partial charge in [-0.15, -0.1) is 0 Å². The number of anilines is 3. The molecule has 4 aromatic carbocycles. The summed E-state index contributed by atoms with van der Waals surface area (Å²) in [5.74, 6) is -0.373. The van der Waals surface area contributed by atoms with Gasteiger partial charge < -0.3 is 20.5 Å². The molecule has 0 radical (unpaired) electrons. The Hall–Kier alpha value is -4.83. The van der Waals surface area contributed by atoms with E-state index in [1.165, 1.54) is 6.08 Å². The number of hydrogen-bond acceptors (Lipinski definition) is 6. The van der Waals surface area contributed by atoms with E-state index < -0.39 is 5.91 Å². The second kappa shape index (κ2) is 13.0. The first-order valence-corrected chi connectivity index (χ1v) is 14.0. The molecule has 0 saturated heterocycles. The Balaban J connectivity index is 1.27. The van der Waals surface area contributed by atoms with Gasteiger partial charge in [-0.05, 0) is 77.9 Å². The molecular weight excluding hydrogens is 587 g/mol. The fourth-order valence-corrected chi connectivity index (χ4v) is 4.90. The minimum atomic E-state index is -0.612. The summed E-state index contributed by atoms with van der Waals surface area (Å²) >= 11 is 13.0. The highest BCUT2D eigenvalue weighted by Gasteiger charge is 2.15. The summed E-state index contributed by atoms with van der Waals surface area (Å²) in [6.45, 7) is 0.458. The van der Waals surface area contributed by atoms with Gasteiger partial charge in [0, 0.05) is 49.3 Å². The number of aromatic amines is 1. The summed E-state index contributed by atoms with van der Waals surface area (Å²) in [6.07, 6.45) is 2.81. The molecule has 5 rings (SSSR count). The van der Waals surface area contributed by atoms with Crippen LogP contribution in [0.1, 0.15) is 21.5 Å². The number of amides is 2. The second-order valence-electron chi connectivity index (χ2n) is 9.93. The van der Waals surface area contributed by atoms with Crippen LogP contribution in [-0.2, 0) is 11.3 Å². The molecule has 1 heterocycles. The normalized spacial score (nSPS) is 11.1. The molecule has 0 saturated carbocycles. The molecule has 0 aliphatic carbocycles. The van der Waals surface area contributed by atoms with Crippen molar-refractivity contribution < 1.29 is 14.8 Å². The number of nitrogens with zero attached hydrogens (tertiary/aromatic N) is 2. The number of nitrogens with one attached hydrogen (secondary N) is 4. The van der Waals surface area contributed by atoms with E-state index in [4.69, 9.17) is 28.4 Å². The van der Waals surface area contributed by atoms with Crippen LogP contribution < -0.4 is 21.0 Å². The third-order valence-corrected chi connectivity index (χ3v) is 7.30. The summed E-state index contributed by atoms with van der Waals surface area (Å²) in [4.78, 5) is 34.4. The molecule has 218 valence electrons. The van der Waals surface area contributed by atoms with Crippen LogP contribution >= 0.6 is 23.2 Å². The fourth-order valence-electron chi connectivity index (χ4n) is 4.40. The third kappa shape index (κ3) is 7.15. The van der Waals surface area contributed by atoms with E-state index in [1.807, 2.05) is 67.5 Å². The van der Waals surface area contributed by atoms with Crippen molar-refractivity contribution >= 4 is 69.2 Å². The lowest BCUT2D eigenvalue weighted by Crippen LogP contribution is -2.14. The van der Waals surface area contributed by atoms with Gasteiger partial charge in [-0.25, -0.2) is 10.5 Å². The number of aromatic nitrogens is 2. The van der Waals surface area contributed by atoms with Gasteiger partial charge in [0.2, 0.25) is 0 Å². The molecule has 0 fully saturated rings. The topological polar surface area (TPSA) is 122 Å². The van der Waals surface area contributed by atoms with Crippen molar-refractivity contribution in [1.82, 2.24) is 15.4 Å². The van der Waals surface area contributed by atoms with Crippen molar-refractivity contribution in [2.24, 2.45) is 0 Å². The van der Waals surface area contributed by atoms with Gasteiger partial charge in [0.15, 0.2) is 0 Å². The molecule has 2 amide bonds. The number of carbonyl (C=O) groups excluding carboxylic acids is 2. The number of hydroxylamine groups is 1. The van der Waals surface area contributed by atoms with E-state index in [0.29, 0.717) is 39.2 Å². The molecular formula is C32H28Cl2N6O3. The highest BCUT2D eigenvalue weighted by molar-refractivity contribution is 6.35. The number of benzene rings is 4. The number of fused-ring (bicyclic) bond motifs is 1. The van der Waals surface area contributed by atoms with E-state index >= 15 is 0 Å². The monoisotopic (exact) mass is 614 g/mol. The first-order valence-electron chi connectivity index (χ1n) is 13.2. The quantitative estimate of drug-likeness (QED) is 0.0693. The number of carbonyl (C=O) groups is 2. The van der Waals surface area contributed by atoms with Crippen molar-refractivity contribution in [3.05, 3.63) is 112 Å². The average Bonchev–Trinajstić information content (AvgIpc) is 3.43. The van der Waals surface area contributed by atoms with Gasteiger partial charge in [-0.1, -0.05) is 41.4 Å². The van der Waals surface area contributed by atoms with Gasteiger partial charge in [0.25, 0.3) is 11.8 Å².